The largest absolute Gasteiger partial charge is 0.352 e. The molecule has 0 fully saturated rings. The summed E-state index contributed by atoms with van der Waals surface area (Å²) in [4.78, 5) is 24.3. The van der Waals surface area contributed by atoms with Crippen LogP contribution in [0.5, 0.6) is 0 Å². The Morgan fingerprint density at radius 3 is 2.19 bits per heavy atom. The van der Waals surface area contributed by atoms with Crippen molar-refractivity contribution in [3.05, 3.63) is 0 Å². The van der Waals surface area contributed by atoms with E-state index in [4.69, 9.17) is 5.73 Å². The molecule has 96 valence electrons. The second-order valence-electron chi connectivity index (χ2n) is 4.05. The van der Waals surface area contributed by atoms with Crippen molar-refractivity contribution >= 4 is 24.2 Å². The number of rotatable bonds is 5. The Labute approximate surface area is 103 Å². The molecule has 0 aliphatic carbocycles. The summed E-state index contributed by atoms with van der Waals surface area (Å²) in [6.07, 6.45) is 0. The summed E-state index contributed by atoms with van der Waals surface area (Å²) in [5.41, 5.74) is 5.37. The van der Waals surface area contributed by atoms with Gasteiger partial charge in [0, 0.05) is 25.6 Å². The lowest BCUT2D eigenvalue weighted by Crippen LogP contribution is -2.43. The highest BCUT2D eigenvalue weighted by molar-refractivity contribution is 5.86. The second kappa shape index (κ2) is 8.35. The molecule has 0 rings (SSSR count). The van der Waals surface area contributed by atoms with Crippen LogP contribution in [-0.4, -0.2) is 42.9 Å². The van der Waals surface area contributed by atoms with Crippen molar-refractivity contribution < 1.29 is 9.59 Å². The molecular formula is C10H22ClN3O2. The van der Waals surface area contributed by atoms with E-state index in [1.54, 1.807) is 14.0 Å². The number of hydrogen-bond acceptors (Lipinski definition) is 3. The fourth-order valence-electron chi connectivity index (χ4n) is 1.14. The first-order valence-corrected chi connectivity index (χ1v) is 5.12. The van der Waals surface area contributed by atoms with Gasteiger partial charge in [0.15, 0.2) is 0 Å². The molecule has 0 spiro atoms. The van der Waals surface area contributed by atoms with E-state index in [-0.39, 0.29) is 42.7 Å². The van der Waals surface area contributed by atoms with E-state index in [2.05, 4.69) is 5.32 Å². The average molecular weight is 252 g/mol. The highest BCUT2D eigenvalue weighted by atomic mass is 35.5. The standard InChI is InChI=1S/C10H21N3O2.ClH/c1-7(2)12-9(14)6-13(4)10(15)8(3)5-11;/h7-8H,5-6,11H2,1-4H3,(H,12,14);1H. The lowest BCUT2D eigenvalue weighted by molar-refractivity contribution is -0.137. The molecule has 1 atom stereocenters. The predicted octanol–water partition coefficient (Wildman–Crippen LogP) is -0.0140. The Bertz CT molecular complexity index is 234. The second-order valence-corrected chi connectivity index (χ2v) is 4.05. The number of hydrogen-bond donors (Lipinski definition) is 2. The summed E-state index contributed by atoms with van der Waals surface area (Å²) >= 11 is 0. The molecule has 0 saturated carbocycles. The van der Waals surface area contributed by atoms with E-state index in [1.807, 2.05) is 13.8 Å². The molecule has 0 aromatic heterocycles. The van der Waals surface area contributed by atoms with Gasteiger partial charge in [-0.25, -0.2) is 0 Å². The highest BCUT2D eigenvalue weighted by Crippen LogP contribution is 1.98. The SMILES string of the molecule is CC(C)NC(=O)CN(C)C(=O)C(C)CN.Cl. The van der Waals surface area contributed by atoms with Crippen molar-refractivity contribution in [3.63, 3.8) is 0 Å². The van der Waals surface area contributed by atoms with Gasteiger partial charge >= 0.3 is 0 Å². The molecule has 0 heterocycles. The van der Waals surface area contributed by atoms with Crippen LogP contribution in [0, 0.1) is 5.92 Å². The van der Waals surface area contributed by atoms with Gasteiger partial charge in [-0.2, -0.15) is 0 Å². The van der Waals surface area contributed by atoms with Gasteiger partial charge in [-0.15, -0.1) is 12.4 Å². The highest BCUT2D eigenvalue weighted by Gasteiger charge is 2.18. The van der Waals surface area contributed by atoms with Gasteiger partial charge in [0.25, 0.3) is 0 Å². The van der Waals surface area contributed by atoms with Crippen molar-refractivity contribution in [1.29, 1.82) is 0 Å². The molecule has 0 bridgehead atoms. The zero-order valence-corrected chi connectivity index (χ0v) is 11.1. The van der Waals surface area contributed by atoms with Crippen molar-refractivity contribution in [3.8, 4) is 0 Å². The van der Waals surface area contributed by atoms with Gasteiger partial charge in [0.1, 0.15) is 0 Å². The molecule has 0 aromatic carbocycles. The van der Waals surface area contributed by atoms with Gasteiger partial charge in [-0.1, -0.05) is 6.92 Å². The minimum atomic E-state index is -0.234. The summed E-state index contributed by atoms with van der Waals surface area (Å²) in [5.74, 6) is -0.483. The number of nitrogens with one attached hydrogen (secondary N) is 1. The summed E-state index contributed by atoms with van der Waals surface area (Å²) in [7, 11) is 1.61. The lowest BCUT2D eigenvalue weighted by atomic mass is 10.1. The first-order valence-electron chi connectivity index (χ1n) is 5.12. The third kappa shape index (κ3) is 6.63. The van der Waals surface area contributed by atoms with E-state index in [0.717, 1.165) is 0 Å². The molecule has 1 unspecified atom stereocenters. The van der Waals surface area contributed by atoms with Crippen LogP contribution in [-0.2, 0) is 9.59 Å². The van der Waals surface area contributed by atoms with Crippen molar-refractivity contribution in [2.24, 2.45) is 11.7 Å². The Kier molecular flexibility index (Phi) is 9.18. The summed E-state index contributed by atoms with van der Waals surface area (Å²) in [6, 6.07) is 0.0907. The number of amides is 2. The van der Waals surface area contributed by atoms with Crippen molar-refractivity contribution in [2.45, 2.75) is 26.8 Å². The zero-order valence-electron chi connectivity index (χ0n) is 10.3. The van der Waals surface area contributed by atoms with Crippen LogP contribution in [0.25, 0.3) is 0 Å². The Morgan fingerprint density at radius 1 is 1.31 bits per heavy atom. The molecule has 0 aromatic rings. The van der Waals surface area contributed by atoms with E-state index in [9.17, 15) is 9.59 Å². The van der Waals surface area contributed by atoms with Crippen LogP contribution in [0.2, 0.25) is 0 Å². The molecule has 0 saturated heterocycles. The summed E-state index contributed by atoms with van der Waals surface area (Å²) in [5, 5.41) is 2.72. The Balaban J connectivity index is 0. The quantitative estimate of drug-likeness (QED) is 0.722. The topological polar surface area (TPSA) is 75.4 Å². The van der Waals surface area contributed by atoms with Crippen LogP contribution in [0.1, 0.15) is 20.8 Å². The summed E-state index contributed by atoms with van der Waals surface area (Å²) in [6.45, 7) is 5.89. The third-order valence-electron chi connectivity index (χ3n) is 1.98. The summed E-state index contributed by atoms with van der Waals surface area (Å²) < 4.78 is 0. The molecular weight excluding hydrogens is 230 g/mol. The molecule has 16 heavy (non-hydrogen) atoms. The number of nitrogens with two attached hydrogens (primary N) is 1. The number of carbonyl (C=O) groups excluding carboxylic acids is 2. The minimum Gasteiger partial charge on any atom is -0.352 e. The van der Waals surface area contributed by atoms with Crippen LogP contribution < -0.4 is 11.1 Å². The van der Waals surface area contributed by atoms with Gasteiger partial charge < -0.3 is 16.0 Å². The molecule has 0 aliphatic heterocycles. The minimum absolute atomic E-state index is 0. The average Bonchev–Trinajstić information content (AvgIpc) is 2.13. The maximum atomic E-state index is 11.6. The van der Waals surface area contributed by atoms with E-state index in [1.165, 1.54) is 4.90 Å². The number of likely N-dealkylation sites (N-methyl/N-ethyl adjacent to an activating group) is 1. The van der Waals surface area contributed by atoms with Gasteiger partial charge in [0.05, 0.1) is 6.54 Å². The normalized spacial score (nSPS) is 11.6. The monoisotopic (exact) mass is 251 g/mol. The van der Waals surface area contributed by atoms with Crippen LogP contribution >= 0.6 is 12.4 Å². The fraction of sp³-hybridized carbons (Fsp3) is 0.800. The predicted molar refractivity (Wildman–Crippen MR) is 66.4 cm³/mol. The molecule has 2 amide bonds. The Hall–Kier alpha value is -0.810. The maximum Gasteiger partial charge on any atom is 0.239 e. The Morgan fingerprint density at radius 2 is 1.81 bits per heavy atom. The number of carbonyl (C=O) groups is 2. The smallest absolute Gasteiger partial charge is 0.239 e. The van der Waals surface area contributed by atoms with Crippen LogP contribution in [0.3, 0.4) is 0 Å². The van der Waals surface area contributed by atoms with E-state index < -0.39 is 0 Å². The van der Waals surface area contributed by atoms with Gasteiger partial charge in [0.2, 0.25) is 11.8 Å². The maximum absolute atomic E-state index is 11.6. The van der Waals surface area contributed by atoms with Crippen LogP contribution in [0.15, 0.2) is 0 Å². The zero-order chi connectivity index (χ0) is 12.0. The van der Waals surface area contributed by atoms with E-state index in [0.29, 0.717) is 6.54 Å². The fourth-order valence-corrected chi connectivity index (χ4v) is 1.14. The first kappa shape index (κ1) is 17.6. The number of halogens is 1. The molecule has 5 nitrogen and oxygen atoms in total. The molecule has 0 radical (unpaired) electrons. The molecule has 3 N–H and O–H groups in total. The lowest BCUT2D eigenvalue weighted by Gasteiger charge is -2.20. The molecule has 6 heteroatoms. The number of nitrogens with zero attached hydrogens (tertiary/aromatic N) is 1. The van der Waals surface area contributed by atoms with E-state index >= 15 is 0 Å². The van der Waals surface area contributed by atoms with Crippen LogP contribution in [0.4, 0.5) is 0 Å². The first-order chi connectivity index (χ1) is 6.88. The van der Waals surface area contributed by atoms with Gasteiger partial charge in [-0.3, -0.25) is 9.59 Å². The van der Waals surface area contributed by atoms with Gasteiger partial charge in [-0.05, 0) is 13.8 Å². The van der Waals surface area contributed by atoms with Crippen molar-refractivity contribution in [2.75, 3.05) is 20.1 Å². The van der Waals surface area contributed by atoms with Crippen molar-refractivity contribution in [1.82, 2.24) is 10.2 Å². The third-order valence-corrected chi connectivity index (χ3v) is 1.98. The molecule has 0 aliphatic rings.